The first kappa shape index (κ1) is 14.4. The molecule has 0 spiro atoms. The van der Waals surface area contributed by atoms with Crippen molar-refractivity contribution in [3.63, 3.8) is 0 Å². The van der Waals surface area contributed by atoms with Crippen molar-refractivity contribution in [3.05, 3.63) is 41.7 Å². The minimum Gasteiger partial charge on any atom is -0.353 e. The van der Waals surface area contributed by atoms with Gasteiger partial charge in [0.2, 0.25) is 5.91 Å². The molecular weight excluding hydrogens is 231 g/mol. The molecule has 98 valence electrons. The second-order valence-electron chi connectivity index (χ2n) is 3.88. The van der Waals surface area contributed by atoms with Gasteiger partial charge in [0, 0.05) is 12.6 Å². The van der Waals surface area contributed by atoms with Gasteiger partial charge in [-0.15, -0.1) is 0 Å². The molecule has 0 saturated carbocycles. The number of halogens is 1. The molecule has 0 bridgehead atoms. The maximum atomic E-state index is 12.6. The molecule has 0 atom stereocenters. The fourth-order valence-electron chi connectivity index (χ4n) is 1.41. The molecule has 2 N–H and O–H groups in total. The average Bonchev–Trinajstić information content (AvgIpc) is 2.38. The topological polar surface area (TPSA) is 41.1 Å². The van der Waals surface area contributed by atoms with E-state index in [4.69, 9.17) is 0 Å². The van der Waals surface area contributed by atoms with Crippen LogP contribution in [0, 0.1) is 5.82 Å². The van der Waals surface area contributed by atoms with Crippen LogP contribution in [0.5, 0.6) is 0 Å². The minimum atomic E-state index is -0.278. The third-order valence-corrected chi connectivity index (χ3v) is 2.38. The molecule has 0 saturated heterocycles. The predicted octanol–water partition coefficient (Wildman–Crippen LogP) is 1.95. The van der Waals surface area contributed by atoms with Crippen LogP contribution < -0.4 is 10.6 Å². The maximum Gasteiger partial charge on any atom is 0.243 e. The van der Waals surface area contributed by atoms with Gasteiger partial charge in [-0.1, -0.05) is 19.1 Å². The first-order valence-corrected chi connectivity index (χ1v) is 6.14. The van der Waals surface area contributed by atoms with Gasteiger partial charge in [-0.05, 0) is 43.3 Å². The zero-order valence-electron chi connectivity index (χ0n) is 10.6. The van der Waals surface area contributed by atoms with Crippen molar-refractivity contribution in [1.29, 1.82) is 0 Å². The minimum absolute atomic E-state index is 0.129. The van der Waals surface area contributed by atoms with E-state index in [-0.39, 0.29) is 11.7 Å². The molecule has 0 unspecified atom stereocenters. The third kappa shape index (κ3) is 6.15. The number of amides is 1. The molecule has 4 heteroatoms. The Morgan fingerprint density at radius 2 is 2.00 bits per heavy atom. The summed E-state index contributed by atoms with van der Waals surface area (Å²) >= 11 is 0. The van der Waals surface area contributed by atoms with Crippen LogP contribution in [0.1, 0.15) is 18.9 Å². The molecule has 0 radical (unpaired) electrons. The molecule has 0 aliphatic carbocycles. The number of hydrogen-bond donors (Lipinski definition) is 2. The molecule has 0 fully saturated rings. The number of nitrogens with one attached hydrogen (secondary N) is 2. The van der Waals surface area contributed by atoms with E-state index in [1.54, 1.807) is 18.2 Å². The van der Waals surface area contributed by atoms with Crippen LogP contribution in [-0.2, 0) is 4.79 Å². The Morgan fingerprint density at radius 3 is 2.67 bits per heavy atom. The molecule has 1 amide bonds. The highest BCUT2D eigenvalue weighted by Crippen LogP contribution is 2.04. The lowest BCUT2D eigenvalue weighted by atomic mass is 10.2. The van der Waals surface area contributed by atoms with Crippen LogP contribution in [0.4, 0.5) is 4.39 Å². The van der Waals surface area contributed by atoms with Crippen LogP contribution in [0.25, 0.3) is 6.08 Å². The molecule has 0 aromatic heterocycles. The van der Waals surface area contributed by atoms with E-state index in [2.05, 4.69) is 10.6 Å². The highest BCUT2D eigenvalue weighted by Gasteiger charge is 1.95. The lowest BCUT2D eigenvalue weighted by Gasteiger charge is -2.02. The van der Waals surface area contributed by atoms with Gasteiger partial charge in [-0.3, -0.25) is 4.79 Å². The summed E-state index contributed by atoms with van der Waals surface area (Å²) < 4.78 is 12.6. The third-order valence-electron chi connectivity index (χ3n) is 2.38. The van der Waals surface area contributed by atoms with E-state index in [1.165, 1.54) is 18.2 Å². The Labute approximate surface area is 107 Å². The van der Waals surface area contributed by atoms with E-state index >= 15 is 0 Å². The second-order valence-corrected chi connectivity index (χ2v) is 3.88. The highest BCUT2D eigenvalue weighted by molar-refractivity contribution is 5.91. The van der Waals surface area contributed by atoms with Crippen molar-refractivity contribution < 1.29 is 9.18 Å². The summed E-state index contributed by atoms with van der Waals surface area (Å²) in [7, 11) is 0. The lowest BCUT2D eigenvalue weighted by Crippen LogP contribution is -2.25. The molecule has 1 rings (SSSR count). The first-order chi connectivity index (χ1) is 8.72. The summed E-state index contributed by atoms with van der Waals surface area (Å²) in [6, 6.07) is 6.00. The van der Waals surface area contributed by atoms with Crippen LogP contribution >= 0.6 is 0 Å². The van der Waals surface area contributed by atoms with Crippen molar-refractivity contribution in [1.82, 2.24) is 10.6 Å². The van der Waals surface area contributed by atoms with Crippen LogP contribution in [0.3, 0.4) is 0 Å². The summed E-state index contributed by atoms with van der Waals surface area (Å²) in [6.07, 6.45) is 4.03. The Morgan fingerprint density at radius 1 is 1.28 bits per heavy atom. The first-order valence-electron chi connectivity index (χ1n) is 6.14. The number of hydrogen-bond acceptors (Lipinski definition) is 2. The van der Waals surface area contributed by atoms with Gasteiger partial charge in [0.05, 0.1) is 0 Å². The van der Waals surface area contributed by atoms with Crippen molar-refractivity contribution in [2.75, 3.05) is 19.6 Å². The quantitative estimate of drug-likeness (QED) is 0.573. The average molecular weight is 250 g/mol. The lowest BCUT2D eigenvalue weighted by molar-refractivity contribution is -0.116. The van der Waals surface area contributed by atoms with Crippen molar-refractivity contribution >= 4 is 12.0 Å². The molecule has 0 heterocycles. The summed E-state index contributed by atoms with van der Waals surface area (Å²) in [5, 5.41) is 5.96. The summed E-state index contributed by atoms with van der Waals surface area (Å²) in [4.78, 5) is 11.4. The van der Waals surface area contributed by atoms with Crippen LogP contribution in [0.2, 0.25) is 0 Å². The molecule has 1 aromatic rings. The maximum absolute atomic E-state index is 12.6. The summed E-state index contributed by atoms with van der Waals surface area (Å²) in [5.41, 5.74) is 0.805. The van der Waals surface area contributed by atoms with Gasteiger partial charge in [0.15, 0.2) is 0 Å². The van der Waals surface area contributed by atoms with E-state index in [9.17, 15) is 9.18 Å². The van der Waals surface area contributed by atoms with Crippen molar-refractivity contribution in [2.24, 2.45) is 0 Å². The zero-order chi connectivity index (χ0) is 13.2. The number of benzene rings is 1. The Kier molecular flexibility index (Phi) is 6.72. The van der Waals surface area contributed by atoms with Gasteiger partial charge in [0.1, 0.15) is 5.82 Å². The van der Waals surface area contributed by atoms with Crippen molar-refractivity contribution in [3.8, 4) is 0 Å². The van der Waals surface area contributed by atoms with E-state index < -0.39 is 0 Å². The Bertz CT molecular complexity index is 387. The van der Waals surface area contributed by atoms with Crippen molar-refractivity contribution in [2.45, 2.75) is 13.3 Å². The largest absolute Gasteiger partial charge is 0.353 e. The van der Waals surface area contributed by atoms with E-state index in [1.807, 2.05) is 6.92 Å². The summed E-state index contributed by atoms with van der Waals surface area (Å²) in [6.45, 7) is 4.54. The van der Waals surface area contributed by atoms with Gasteiger partial charge < -0.3 is 10.6 Å². The van der Waals surface area contributed by atoms with Gasteiger partial charge in [-0.2, -0.15) is 0 Å². The molecule has 0 aliphatic rings. The monoisotopic (exact) mass is 250 g/mol. The van der Waals surface area contributed by atoms with E-state index in [0.717, 1.165) is 25.1 Å². The zero-order valence-corrected chi connectivity index (χ0v) is 10.6. The number of carbonyl (C=O) groups is 1. The predicted molar refractivity (Wildman–Crippen MR) is 71.6 cm³/mol. The normalized spacial score (nSPS) is 10.8. The fourth-order valence-corrected chi connectivity index (χ4v) is 1.41. The van der Waals surface area contributed by atoms with Crippen LogP contribution in [0.15, 0.2) is 30.3 Å². The molecular formula is C14H19FN2O. The van der Waals surface area contributed by atoms with E-state index in [0.29, 0.717) is 6.54 Å². The van der Waals surface area contributed by atoms with Gasteiger partial charge in [-0.25, -0.2) is 4.39 Å². The molecule has 3 nitrogen and oxygen atoms in total. The fraction of sp³-hybridized carbons (Fsp3) is 0.357. The van der Waals surface area contributed by atoms with Gasteiger partial charge in [0.25, 0.3) is 0 Å². The number of rotatable bonds is 7. The SMILES string of the molecule is CCNCCCNC(=O)/C=C/c1ccc(F)cc1. The highest BCUT2D eigenvalue weighted by atomic mass is 19.1. The Balaban J connectivity index is 2.25. The van der Waals surface area contributed by atoms with Crippen LogP contribution in [-0.4, -0.2) is 25.5 Å². The van der Waals surface area contributed by atoms with Gasteiger partial charge >= 0.3 is 0 Å². The molecule has 1 aromatic carbocycles. The molecule has 18 heavy (non-hydrogen) atoms. The molecule has 0 aliphatic heterocycles. The standard InChI is InChI=1S/C14H19FN2O/c1-2-16-10-3-11-17-14(18)9-6-12-4-7-13(15)8-5-12/h4-9,16H,2-3,10-11H2,1H3,(H,17,18)/b9-6+. The summed E-state index contributed by atoms with van der Waals surface area (Å²) in [5.74, 6) is -0.407. The smallest absolute Gasteiger partial charge is 0.243 e. The second kappa shape index (κ2) is 8.42. The Hall–Kier alpha value is -1.68. The number of carbonyl (C=O) groups excluding carboxylic acids is 1.